The molecule has 0 aromatic rings. The normalized spacial score (nSPS) is 15.6. The Hall–Kier alpha value is -0.570. The molecule has 0 fully saturated rings. The molecule has 0 radical (unpaired) electrons. The summed E-state index contributed by atoms with van der Waals surface area (Å²) in [5.41, 5.74) is -0.797. The van der Waals surface area contributed by atoms with Crippen molar-refractivity contribution in [2.45, 2.75) is 51.6 Å². The molecule has 2 N–H and O–H groups in total. The van der Waals surface area contributed by atoms with Crippen LogP contribution in [0.2, 0.25) is 0 Å². The second-order valence-electron chi connectivity index (χ2n) is 3.49. The first-order valence-electron chi connectivity index (χ1n) is 4.42. The molecule has 1 atom stereocenters. The number of carboxylic acids is 1. The number of aliphatic hydroxyl groups is 1. The summed E-state index contributed by atoms with van der Waals surface area (Å²) in [6, 6.07) is 0. The SMILES string of the molecule is CCCCC(C)(O)CCC(=O)O. The van der Waals surface area contributed by atoms with E-state index in [4.69, 9.17) is 5.11 Å². The molecule has 0 saturated carbocycles. The number of carboxylic acid groups (broad SMARTS) is 1. The van der Waals surface area contributed by atoms with E-state index in [2.05, 4.69) is 0 Å². The van der Waals surface area contributed by atoms with E-state index in [1.807, 2.05) is 6.92 Å². The minimum Gasteiger partial charge on any atom is -0.481 e. The zero-order chi connectivity index (χ0) is 9.61. The van der Waals surface area contributed by atoms with Crippen molar-refractivity contribution in [2.75, 3.05) is 0 Å². The Balaban J connectivity index is 3.63. The van der Waals surface area contributed by atoms with Crippen LogP contribution in [0.25, 0.3) is 0 Å². The third kappa shape index (κ3) is 6.16. The van der Waals surface area contributed by atoms with Crippen molar-refractivity contribution < 1.29 is 15.0 Å². The molecule has 0 rings (SSSR count). The van der Waals surface area contributed by atoms with E-state index in [0.717, 1.165) is 12.8 Å². The van der Waals surface area contributed by atoms with Gasteiger partial charge in [0.1, 0.15) is 0 Å². The van der Waals surface area contributed by atoms with Gasteiger partial charge in [-0.2, -0.15) is 0 Å². The summed E-state index contributed by atoms with van der Waals surface area (Å²) in [4.78, 5) is 10.2. The molecule has 0 aliphatic carbocycles. The fourth-order valence-electron chi connectivity index (χ4n) is 1.06. The molecule has 0 bridgehead atoms. The van der Waals surface area contributed by atoms with Gasteiger partial charge in [-0.05, 0) is 19.8 Å². The minimum absolute atomic E-state index is 0.0523. The molecule has 72 valence electrons. The zero-order valence-electron chi connectivity index (χ0n) is 7.84. The molecule has 0 amide bonds. The molecule has 0 aromatic carbocycles. The van der Waals surface area contributed by atoms with Crippen LogP contribution in [0.1, 0.15) is 46.0 Å². The number of carbonyl (C=O) groups is 1. The van der Waals surface area contributed by atoms with Gasteiger partial charge >= 0.3 is 5.97 Å². The van der Waals surface area contributed by atoms with Crippen molar-refractivity contribution in [3.8, 4) is 0 Å². The van der Waals surface area contributed by atoms with Crippen molar-refractivity contribution in [3.05, 3.63) is 0 Å². The first-order valence-corrected chi connectivity index (χ1v) is 4.42. The van der Waals surface area contributed by atoms with Crippen LogP contribution in [0.3, 0.4) is 0 Å². The number of hydrogen-bond donors (Lipinski definition) is 2. The highest BCUT2D eigenvalue weighted by Gasteiger charge is 2.20. The number of rotatable bonds is 6. The van der Waals surface area contributed by atoms with Gasteiger partial charge in [0.05, 0.1) is 5.60 Å². The Labute approximate surface area is 73.4 Å². The fraction of sp³-hybridized carbons (Fsp3) is 0.889. The van der Waals surface area contributed by atoms with Crippen LogP contribution in [0.4, 0.5) is 0 Å². The van der Waals surface area contributed by atoms with Crippen molar-refractivity contribution in [1.82, 2.24) is 0 Å². The Morgan fingerprint density at radius 2 is 2.00 bits per heavy atom. The van der Waals surface area contributed by atoms with Crippen LogP contribution in [0, 0.1) is 0 Å². The Bertz CT molecular complexity index is 141. The predicted octanol–water partition coefficient (Wildman–Crippen LogP) is 1.79. The first kappa shape index (κ1) is 11.4. The van der Waals surface area contributed by atoms with Gasteiger partial charge in [-0.1, -0.05) is 19.8 Å². The Kier molecular flexibility index (Phi) is 4.90. The number of hydrogen-bond acceptors (Lipinski definition) is 2. The maximum atomic E-state index is 10.2. The predicted molar refractivity (Wildman–Crippen MR) is 47.0 cm³/mol. The highest BCUT2D eigenvalue weighted by Crippen LogP contribution is 2.19. The summed E-state index contributed by atoms with van der Waals surface area (Å²) < 4.78 is 0. The molecule has 0 spiro atoms. The molecular formula is C9H18O3. The summed E-state index contributed by atoms with van der Waals surface area (Å²) in [6.45, 7) is 3.75. The summed E-state index contributed by atoms with van der Waals surface area (Å²) in [5, 5.41) is 18.0. The van der Waals surface area contributed by atoms with Gasteiger partial charge in [0, 0.05) is 6.42 Å². The fourth-order valence-corrected chi connectivity index (χ4v) is 1.06. The maximum absolute atomic E-state index is 10.2. The second-order valence-corrected chi connectivity index (χ2v) is 3.49. The van der Waals surface area contributed by atoms with Gasteiger partial charge in [-0.15, -0.1) is 0 Å². The van der Waals surface area contributed by atoms with Gasteiger partial charge in [0.15, 0.2) is 0 Å². The van der Waals surface area contributed by atoms with Gasteiger partial charge in [0.25, 0.3) is 0 Å². The van der Waals surface area contributed by atoms with Crippen LogP contribution in [-0.4, -0.2) is 21.8 Å². The van der Waals surface area contributed by atoms with E-state index >= 15 is 0 Å². The summed E-state index contributed by atoms with van der Waals surface area (Å²) >= 11 is 0. The lowest BCUT2D eigenvalue weighted by atomic mass is 9.94. The van der Waals surface area contributed by atoms with Crippen molar-refractivity contribution in [1.29, 1.82) is 0 Å². The molecule has 0 heterocycles. The molecule has 0 aliphatic rings. The molecule has 0 aromatic heterocycles. The Morgan fingerprint density at radius 3 is 2.42 bits per heavy atom. The van der Waals surface area contributed by atoms with E-state index < -0.39 is 11.6 Å². The van der Waals surface area contributed by atoms with Crippen molar-refractivity contribution in [3.63, 3.8) is 0 Å². The van der Waals surface area contributed by atoms with Gasteiger partial charge in [-0.3, -0.25) is 4.79 Å². The lowest BCUT2D eigenvalue weighted by Crippen LogP contribution is -2.24. The van der Waals surface area contributed by atoms with Crippen LogP contribution in [0.15, 0.2) is 0 Å². The average Bonchev–Trinajstić information content (AvgIpc) is 1.98. The highest BCUT2D eigenvalue weighted by atomic mass is 16.4. The van der Waals surface area contributed by atoms with Gasteiger partial charge in [0.2, 0.25) is 0 Å². The van der Waals surface area contributed by atoms with Crippen LogP contribution < -0.4 is 0 Å². The third-order valence-corrected chi connectivity index (χ3v) is 1.95. The molecule has 0 saturated heterocycles. The summed E-state index contributed by atoms with van der Waals surface area (Å²) in [7, 11) is 0. The van der Waals surface area contributed by atoms with Crippen molar-refractivity contribution >= 4 is 5.97 Å². The molecule has 3 heteroatoms. The third-order valence-electron chi connectivity index (χ3n) is 1.95. The van der Waals surface area contributed by atoms with Gasteiger partial charge < -0.3 is 10.2 Å². The molecule has 3 nitrogen and oxygen atoms in total. The standard InChI is InChI=1S/C9H18O3/c1-3-4-6-9(2,12)7-5-8(10)11/h12H,3-7H2,1-2H3,(H,10,11). The van der Waals surface area contributed by atoms with E-state index in [9.17, 15) is 9.90 Å². The molecular weight excluding hydrogens is 156 g/mol. The lowest BCUT2D eigenvalue weighted by molar-refractivity contribution is -0.138. The highest BCUT2D eigenvalue weighted by molar-refractivity contribution is 5.66. The maximum Gasteiger partial charge on any atom is 0.303 e. The van der Waals surface area contributed by atoms with E-state index in [0.29, 0.717) is 12.8 Å². The van der Waals surface area contributed by atoms with Crippen molar-refractivity contribution in [2.24, 2.45) is 0 Å². The molecule has 1 unspecified atom stereocenters. The van der Waals surface area contributed by atoms with E-state index in [-0.39, 0.29) is 6.42 Å². The molecule has 0 aliphatic heterocycles. The average molecular weight is 174 g/mol. The van der Waals surface area contributed by atoms with Gasteiger partial charge in [-0.25, -0.2) is 0 Å². The van der Waals surface area contributed by atoms with E-state index in [1.165, 1.54) is 0 Å². The Morgan fingerprint density at radius 1 is 1.42 bits per heavy atom. The second kappa shape index (κ2) is 5.14. The lowest BCUT2D eigenvalue weighted by Gasteiger charge is -2.21. The van der Waals surface area contributed by atoms with Crippen LogP contribution in [-0.2, 0) is 4.79 Å². The summed E-state index contributed by atoms with van der Waals surface area (Å²) in [5.74, 6) is -0.841. The van der Waals surface area contributed by atoms with E-state index in [1.54, 1.807) is 6.92 Å². The number of aliphatic carboxylic acids is 1. The smallest absolute Gasteiger partial charge is 0.303 e. The largest absolute Gasteiger partial charge is 0.481 e. The quantitative estimate of drug-likeness (QED) is 0.645. The molecule has 12 heavy (non-hydrogen) atoms. The van der Waals surface area contributed by atoms with Crippen LogP contribution in [0.5, 0.6) is 0 Å². The van der Waals surface area contributed by atoms with Crippen LogP contribution >= 0.6 is 0 Å². The summed E-state index contributed by atoms with van der Waals surface area (Å²) in [6.07, 6.45) is 3.08. The monoisotopic (exact) mass is 174 g/mol. The number of unbranched alkanes of at least 4 members (excludes halogenated alkanes) is 1. The minimum atomic E-state index is -0.841. The first-order chi connectivity index (χ1) is 5.48. The topological polar surface area (TPSA) is 57.5 Å². The zero-order valence-corrected chi connectivity index (χ0v) is 7.84.